The van der Waals surface area contributed by atoms with Crippen molar-refractivity contribution in [2.45, 2.75) is 25.7 Å². The fourth-order valence-corrected chi connectivity index (χ4v) is 1.97. The lowest BCUT2D eigenvalue weighted by molar-refractivity contribution is -0.127. The van der Waals surface area contributed by atoms with Gasteiger partial charge < -0.3 is 9.64 Å². The number of carbonyl (C=O) groups is 1. The van der Waals surface area contributed by atoms with Crippen molar-refractivity contribution in [3.05, 3.63) is 0 Å². The number of nitrogens with zero attached hydrogens (tertiary/aromatic N) is 2. The third-order valence-electron chi connectivity index (χ3n) is 3.16. The molecule has 0 aromatic rings. The van der Waals surface area contributed by atoms with Gasteiger partial charge in [-0.2, -0.15) is 5.26 Å². The molecule has 0 spiro atoms. The molecule has 1 aliphatic heterocycles. The standard InChI is InChI=1S/C12H18N2O2/c13-7-11-6-12(15)14(8-11)4-1-5-16-9-10-2-3-10/h10-11H,1-6,8-9H2. The highest BCUT2D eigenvalue weighted by molar-refractivity contribution is 5.79. The van der Waals surface area contributed by atoms with Crippen molar-refractivity contribution in [3.63, 3.8) is 0 Å². The summed E-state index contributed by atoms with van der Waals surface area (Å²) in [6.07, 6.45) is 3.92. The van der Waals surface area contributed by atoms with Crippen molar-refractivity contribution in [1.29, 1.82) is 5.26 Å². The van der Waals surface area contributed by atoms with Gasteiger partial charge in [-0.1, -0.05) is 0 Å². The average Bonchev–Trinajstić information content (AvgIpc) is 3.03. The third-order valence-corrected chi connectivity index (χ3v) is 3.16. The van der Waals surface area contributed by atoms with Gasteiger partial charge in [-0.15, -0.1) is 0 Å². The Kier molecular flexibility index (Phi) is 3.79. The van der Waals surface area contributed by atoms with Gasteiger partial charge in [-0.05, 0) is 25.2 Å². The van der Waals surface area contributed by atoms with Crippen LogP contribution in [0, 0.1) is 23.2 Å². The Bertz CT molecular complexity index is 294. The van der Waals surface area contributed by atoms with E-state index in [1.807, 2.05) is 0 Å². The first-order valence-electron chi connectivity index (χ1n) is 6.04. The number of likely N-dealkylation sites (tertiary alicyclic amines) is 1. The van der Waals surface area contributed by atoms with E-state index in [-0.39, 0.29) is 11.8 Å². The van der Waals surface area contributed by atoms with Crippen molar-refractivity contribution in [2.24, 2.45) is 11.8 Å². The van der Waals surface area contributed by atoms with E-state index in [0.717, 1.165) is 32.1 Å². The van der Waals surface area contributed by atoms with Crippen LogP contribution in [0.2, 0.25) is 0 Å². The van der Waals surface area contributed by atoms with Gasteiger partial charge in [0.2, 0.25) is 5.91 Å². The van der Waals surface area contributed by atoms with E-state index in [1.54, 1.807) is 4.90 Å². The zero-order valence-corrected chi connectivity index (χ0v) is 9.52. The minimum Gasteiger partial charge on any atom is -0.381 e. The molecule has 4 nitrogen and oxygen atoms in total. The molecule has 2 rings (SSSR count). The minimum atomic E-state index is -0.0973. The molecular formula is C12H18N2O2. The number of ether oxygens (including phenoxy) is 1. The number of hydrogen-bond acceptors (Lipinski definition) is 3. The van der Waals surface area contributed by atoms with E-state index in [4.69, 9.17) is 10.00 Å². The van der Waals surface area contributed by atoms with Gasteiger partial charge >= 0.3 is 0 Å². The van der Waals surface area contributed by atoms with Crippen LogP contribution >= 0.6 is 0 Å². The monoisotopic (exact) mass is 222 g/mol. The minimum absolute atomic E-state index is 0.0973. The predicted molar refractivity (Wildman–Crippen MR) is 58.5 cm³/mol. The van der Waals surface area contributed by atoms with E-state index in [2.05, 4.69) is 6.07 Å². The molecule has 16 heavy (non-hydrogen) atoms. The summed E-state index contributed by atoms with van der Waals surface area (Å²) in [7, 11) is 0. The highest BCUT2D eigenvalue weighted by Crippen LogP contribution is 2.28. The summed E-state index contributed by atoms with van der Waals surface area (Å²) < 4.78 is 5.50. The molecule has 0 aromatic heterocycles. The first-order valence-corrected chi connectivity index (χ1v) is 6.04. The van der Waals surface area contributed by atoms with Crippen molar-refractivity contribution >= 4 is 5.91 Å². The number of nitriles is 1. The van der Waals surface area contributed by atoms with Crippen LogP contribution in [0.15, 0.2) is 0 Å². The molecule has 0 N–H and O–H groups in total. The molecule has 1 saturated heterocycles. The van der Waals surface area contributed by atoms with E-state index >= 15 is 0 Å². The van der Waals surface area contributed by atoms with Crippen molar-refractivity contribution in [3.8, 4) is 6.07 Å². The molecule has 0 aromatic carbocycles. The Hall–Kier alpha value is -1.08. The molecule has 2 aliphatic rings. The zero-order valence-electron chi connectivity index (χ0n) is 9.52. The average molecular weight is 222 g/mol. The van der Waals surface area contributed by atoms with E-state index in [9.17, 15) is 4.79 Å². The Balaban J connectivity index is 1.55. The first kappa shape index (κ1) is 11.4. The van der Waals surface area contributed by atoms with Gasteiger partial charge in [0, 0.05) is 32.7 Å². The Morgan fingerprint density at radius 3 is 2.94 bits per heavy atom. The summed E-state index contributed by atoms with van der Waals surface area (Å²) in [5, 5.41) is 8.73. The smallest absolute Gasteiger partial charge is 0.224 e. The first-order chi connectivity index (χ1) is 7.79. The Morgan fingerprint density at radius 1 is 1.50 bits per heavy atom. The van der Waals surface area contributed by atoms with Crippen LogP contribution in [0.1, 0.15) is 25.7 Å². The second-order valence-corrected chi connectivity index (χ2v) is 4.74. The lowest BCUT2D eigenvalue weighted by Gasteiger charge is -2.15. The SMILES string of the molecule is N#CC1CC(=O)N(CCCOCC2CC2)C1. The third kappa shape index (κ3) is 3.21. The van der Waals surface area contributed by atoms with E-state index in [0.29, 0.717) is 13.0 Å². The summed E-state index contributed by atoms with van der Waals surface area (Å²) in [6.45, 7) is 2.96. The molecule has 1 unspecified atom stereocenters. The lowest BCUT2D eigenvalue weighted by atomic mass is 10.1. The van der Waals surface area contributed by atoms with E-state index in [1.165, 1.54) is 12.8 Å². The quantitative estimate of drug-likeness (QED) is 0.634. The number of hydrogen-bond donors (Lipinski definition) is 0. The zero-order chi connectivity index (χ0) is 11.4. The summed E-state index contributed by atoms with van der Waals surface area (Å²) in [5.41, 5.74) is 0. The van der Waals surface area contributed by atoms with Crippen LogP contribution in [-0.2, 0) is 9.53 Å². The van der Waals surface area contributed by atoms with Crippen LogP contribution < -0.4 is 0 Å². The van der Waals surface area contributed by atoms with Gasteiger partial charge in [0.15, 0.2) is 0 Å². The topological polar surface area (TPSA) is 53.3 Å². The second kappa shape index (κ2) is 5.31. The molecule has 4 heteroatoms. The molecule has 0 bridgehead atoms. The second-order valence-electron chi connectivity index (χ2n) is 4.74. The molecule has 1 saturated carbocycles. The van der Waals surface area contributed by atoms with Crippen molar-refractivity contribution in [2.75, 3.05) is 26.3 Å². The van der Waals surface area contributed by atoms with Crippen LogP contribution in [0.3, 0.4) is 0 Å². The molecule has 88 valence electrons. The normalized spacial score (nSPS) is 24.8. The van der Waals surface area contributed by atoms with Gasteiger partial charge in [-0.3, -0.25) is 4.79 Å². The summed E-state index contributed by atoms with van der Waals surface area (Å²) >= 11 is 0. The molecule has 0 radical (unpaired) electrons. The maximum atomic E-state index is 11.5. The van der Waals surface area contributed by atoms with Crippen LogP contribution in [0.5, 0.6) is 0 Å². The van der Waals surface area contributed by atoms with Crippen LogP contribution in [-0.4, -0.2) is 37.1 Å². The van der Waals surface area contributed by atoms with Crippen LogP contribution in [0.25, 0.3) is 0 Å². The highest BCUT2D eigenvalue weighted by atomic mass is 16.5. The fourth-order valence-electron chi connectivity index (χ4n) is 1.97. The maximum Gasteiger partial charge on any atom is 0.224 e. The Morgan fingerprint density at radius 2 is 2.31 bits per heavy atom. The fraction of sp³-hybridized carbons (Fsp3) is 0.833. The number of carbonyl (C=O) groups excluding carboxylic acids is 1. The largest absolute Gasteiger partial charge is 0.381 e. The lowest BCUT2D eigenvalue weighted by Crippen LogP contribution is -2.27. The van der Waals surface area contributed by atoms with Gasteiger partial charge in [0.05, 0.1) is 12.0 Å². The van der Waals surface area contributed by atoms with Gasteiger partial charge in [0.1, 0.15) is 0 Å². The highest BCUT2D eigenvalue weighted by Gasteiger charge is 2.28. The molecule has 2 fully saturated rings. The summed E-state index contributed by atoms with van der Waals surface area (Å²) in [5.74, 6) is 0.824. The maximum absolute atomic E-state index is 11.5. The Labute approximate surface area is 96.2 Å². The summed E-state index contributed by atoms with van der Waals surface area (Å²) in [6, 6.07) is 2.16. The predicted octanol–water partition coefficient (Wildman–Crippen LogP) is 1.18. The molecule has 1 amide bonds. The van der Waals surface area contributed by atoms with E-state index < -0.39 is 0 Å². The number of rotatable bonds is 6. The van der Waals surface area contributed by atoms with Crippen molar-refractivity contribution in [1.82, 2.24) is 4.90 Å². The molecular weight excluding hydrogens is 204 g/mol. The van der Waals surface area contributed by atoms with Gasteiger partial charge in [-0.25, -0.2) is 0 Å². The summed E-state index contributed by atoms with van der Waals surface area (Å²) in [4.78, 5) is 13.2. The molecule has 1 heterocycles. The molecule has 1 aliphatic carbocycles. The number of amides is 1. The molecule has 1 atom stereocenters. The van der Waals surface area contributed by atoms with Gasteiger partial charge in [0.25, 0.3) is 0 Å². The van der Waals surface area contributed by atoms with Crippen molar-refractivity contribution < 1.29 is 9.53 Å². The van der Waals surface area contributed by atoms with Crippen LogP contribution in [0.4, 0.5) is 0 Å².